The Morgan fingerprint density at radius 2 is 2.25 bits per heavy atom. The molecule has 1 fully saturated rings. The van der Waals surface area contributed by atoms with Crippen molar-refractivity contribution >= 4 is 11.9 Å². The molecular weight excluding hydrogens is 265 g/mol. The predicted octanol–water partition coefficient (Wildman–Crippen LogP) is 1.83. The highest BCUT2D eigenvalue weighted by Gasteiger charge is 2.37. The highest BCUT2D eigenvalue weighted by Crippen LogP contribution is 2.30. The summed E-state index contributed by atoms with van der Waals surface area (Å²) in [5.74, 6) is -2.25. The molecule has 1 aromatic carbocycles. The summed E-state index contributed by atoms with van der Waals surface area (Å²) in [5.41, 5.74) is 0.614. The lowest BCUT2D eigenvalue weighted by atomic mass is 10.1. The molecule has 5 nitrogen and oxygen atoms in total. The summed E-state index contributed by atoms with van der Waals surface area (Å²) in [5, 5.41) is 8.96. The molecule has 1 heterocycles. The van der Waals surface area contributed by atoms with E-state index in [0.717, 1.165) is 0 Å². The quantitative estimate of drug-likeness (QED) is 0.914. The van der Waals surface area contributed by atoms with E-state index in [0.29, 0.717) is 5.56 Å². The summed E-state index contributed by atoms with van der Waals surface area (Å²) < 4.78 is 18.5. The van der Waals surface area contributed by atoms with E-state index in [1.807, 2.05) is 0 Å². The van der Waals surface area contributed by atoms with Crippen molar-refractivity contribution in [3.05, 3.63) is 29.6 Å². The molecule has 1 saturated heterocycles. The fraction of sp³-hybridized carbons (Fsp3) is 0.429. The molecular formula is C14H16FNO4. The molecule has 2 rings (SSSR count). The van der Waals surface area contributed by atoms with E-state index in [9.17, 15) is 14.0 Å². The van der Waals surface area contributed by atoms with E-state index in [1.165, 1.54) is 24.1 Å². The third kappa shape index (κ3) is 2.59. The fourth-order valence-corrected chi connectivity index (χ4v) is 2.39. The monoisotopic (exact) mass is 281 g/mol. The number of amides is 1. The normalized spacial score (nSPS) is 20.1. The number of likely N-dealkylation sites (tertiary alicyclic amines) is 1. The summed E-state index contributed by atoms with van der Waals surface area (Å²) in [6.07, 6.45) is -0.00168. The van der Waals surface area contributed by atoms with Gasteiger partial charge in [0.05, 0.1) is 19.1 Å². The number of hydrogen-bond donors (Lipinski definition) is 1. The summed E-state index contributed by atoms with van der Waals surface area (Å²) >= 11 is 0. The molecule has 108 valence electrons. The van der Waals surface area contributed by atoms with Crippen molar-refractivity contribution in [2.45, 2.75) is 19.4 Å². The number of carboxylic acids is 1. The minimum atomic E-state index is -0.978. The average Bonchev–Trinajstić information content (AvgIpc) is 2.80. The van der Waals surface area contributed by atoms with Crippen molar-refractivity contribution in [2.24, 2.45) is 5.92 Å². The van der Waals surface area contributed by atoms with E-state index in [-0.39, 0.29) is 30.7 Å². The summed E-state index contributed by atoms with van der Waals surface area (Å²) in [4.78, 5) is 24.3. The van der Waals surface area contributed by atoms with Crippen LogP contribution in [-0.2, 0) is 9.59 Å². The summed E-state index contributed by atoms with van der Waals surface area (Å²) in [6.45, 7) is 1.91. The number of rotatable bonds is 4. The zero-order valence-electron chi connectivity index (χ0n) is 11.3. The predicted molar refractivity (Wildman–Crippen MR) is 68.8 cm³/mol. The van der Waals surface area contributed by atoms with Crippen LogP contribution in [0.25, 0.3) is 0 Å². The molecule has 0 saturated carbocycles. The van der Waals surface area contributed by atoms with Gasteiger partial charge in [0.25, 0.3) is 0 Å². The Morgan fingerprint density at radius 3 is 2.75 bits per heavy atom. The number of ether oxygens (including phenoxy) is 1. The largest absolute Gasteiger partial charge is 0.494 e. The Morgan fingerprint density at radius 1 is 1.55 bits per heavy atom. The lowest BCUT2D eigenvalue weighted by Gasteiger charge is -2.25. The molecule has 1 aromatic rings. The first kappa shape index (κ1) is 14.3. The maximum absolute atomic E-state index is 13.7. The van der Waals surface area contributed by atoms with Gasteiger partial charge in [-0.2, -0.15) is 0 Å². The van der Waals surface area contributed by atoms with Gasteiger partial charge in [0, 0.05) is 13.0 Å². The Labute approximate surface area is 116 Å². The van der Waals surface area contributed by atoms with Gasteiger partial charge in [0.15, 0.2) is 11.6 Å². The maximum Gasteiger partial charge on any atom is 0.308 e. The Kier molecular flexibility index (Phi) is 3.92. The van der Waals surface area contributed by atoms with Crippen LogP contribution >= 0.6 is 0 Å². The second-order valence-electron chi connectivity index (χ2n) is 4.86. The Balaban J connectivity index is 2.19. The molecule has 0 unspecified atom stereocenters. The van der Waals surface area contributed by atoms with Gasteiger partial charge in [-0.15, -0.1) is 0 Å². The second-order valence-corrected chi connectivity index (χ2v) is 4.86. The lowest BCUT2D eigenvalue weighted by molar-refractivity contribution is -0.141. The smallest absolute Gasteiger partial charge is 0.308 e. The van der Waals surface area contributed by atoms with E-state index in [2.05, 4.69) is 0 Å². The highest BCUT2D eigenvalue weighted by atomic mass is 19.1. The van der Waals surface area contributed by atoms with Gasteiger partial charge in [0.2, 0.25) is 5.91 Å². The highest BCUT2D eigenvalue weighted by molar-refractivity contribution is 5.86. The molecule has 6 heteroatoms. The summed E-state index contributed by atoms with van der Waals surface area (Å²) in [7, 11) is 1.38. The number of carbonyl (C=O) groups excluding carboxylic acids is 1. The van der Waals surface area contributed by atoms with Gasteiger partial charge >= 0.3 is 5.97 Å². The van der Waals surface area contributed by atoms with Crippen molar-refractivity contribution < 1.29 is 23.8 Å². The van der Waals surface area contributed by atoms with Crippen LogP contribution in [0.15, 0.2) is 18.2 Å². The average molecular weight is 281 g/mol. The second kappa shape index (κ2) is 5.48. The number of halogens is 1. The minimum Gasteiger partial charge on any atom is -0.494 e. The number of carboxylic acid groups (broad SMARTS) is 1. The van der Waals surface area contributed by atoms with Crippen LogP contribution in [0.4, 0.5) is 4.39 Å². The molecule has 0 spiro atoms. The third-order valence-electron chi connectivity index (χ3n) is 3.63. The molecule has 2 atom stereocenters. The van der Waals surface area contributed by atoms with Crippen LogP contribution in [-0.4, -0.2) is 35.5 Å². The maximum atomic E-state index is 13.7. The molecule has 0 bridgehead atoms. The van der Waals surface area contributed by atoms with Gasteiger partial charge in [-0.1, -0.05) is 6.07 Å². The Bertz CT molecular complexity index is 546. The molecule has 1 N–H and O–H groups in total. The van der Waals surface area contributed by atoms with Gasteiger partial charge in [-0.3, -0.25) is 9.59 Å². The van der Waals surface area contributed by atoms with Crippen LogP contribution in [0.2, 0.25) is 0 Å². The number of hydrogen-bond acceptors (Lipinski definition) is 3. The number of methoxy groups -OCH3 is 1. The molecule has 0 aliphatic carbocycles. The lowest BCUT2D eigenvalue weighted by Crippen LogP contribution is -2.29. The molecule has 1 amide bonds. The summed E-state index contributed by atoms with van der Waals surface area (Å²) in [6, 6.07) is 4.11. The number of carbonyl (C=O) groups is 2. The van der Waals surface area contributed by atoms with Crippen LogP contribution in [0.1, 0.15) is 24.9 Å². The van der Waals surface area contributed by atoms with Crippen molar-refractivity contribution in [2.75, 3.05) is 13.7 Å². The van der Waals surface area contributed by atoms with Gasteiger partial charge in [0.1, 0.15) is 0 Å². The molecule has 20 heavy (non-hydrogen) atoms. The standard InChI is InChI=1S/C14H16FNO4/c1-8(9-3-4-12(20-2)11(15)5-9)16-7-10(14(18)19)6-13(16)17/h3-5,8,10H,6-7H2,1-2H3,(H,18,19)/t8-,10-/m0/s1. The zero-order valence-corrected chi connectivity index (χ0v) is 11.3. The molecule has 0 aromatic heterocycles. The van der Waals surface area contributed by atoms with Crippen LogP contribution in [0.3, 0.4) is 0 Å². The molecule has 0 radical (unpaired) electrons. The number of nitrogens with zero attached hydrogens (tertiary/aromatic N) is 1. The number of benzene rings is 1. The Hall–Kier alpha value is -2.11. The van der Waals surface area contributed by atoms with Crippen molar-refractivity contribution in [3.63, 3.8) is 0 Å². The fourth-order valence-electron chi connectivity index (χ4n) is 2.39. The van der Waals surface area contributed by atoms with Gasteiger partial charge in [-0.25, -0.2) is 4.39 Å². The van der Waals surface area contributed by atoms with E-state index in [1.54, 1.807) is 13.0 Å². The third-order valence-corrected chi connectivity index (χ3v) is 3.63. The first-order chi connectivity index (χ1) is 9.43. The first-order valence-corrected chi connectivity index (χ1v) is 6.29. The van der Waals surface area contributed by atoms with Gasteiger partial charge < -0.3 is 14.7 Å². The molecule has 1 aliphatic rings. The van der Waals surface area contributed by atoms with Crippen LogP contribution in [0, 0.1) is 11.7 Å². The van der Waals surface area contributed by atoms with Crippen LogP contribution < -0.4 is 4.74 Å². The van der Waals surface area contributed by atoms with Crippen molar-refractivity contribution in [1.82, 2.24) is 4.90 Å². The van der Waals surface area contributed by atoms with E-state index in [4.69, 9.17) is 9.84 Å². The van der Waals surface area contributed by atoms with Crippen LogP contribution in [0.5, 0.6) is 5.75 Å². The number of aliphatic carboxylic acids is 1. The SMILES string of the molecule is COc1ccc([C@H](C)N2C[C@@H](C(=O)O)CC2=O)cc1F. The van der Waals surface area contributed by atoms with E-state index >= 15 is 0 Å². The minimum absolute atomic E-state index is 0.00168. The van der Waals surface area contributed by atoms with Gasteiger partial charge in [-0.05, 0) is 24.6 Å². The van der Waals surface area contributed by atoms with Crippen molar-refractivity contribution in [1.29, 1.82) is 0 Å². The van der Waals surface area contributed by atoms with Crippen molar-refractivity contribution in [3.8, 4) is 5.75 Å². The molecule has 1 aliphatic heterocycles. The zero-order chi connectivity index (χ0) is 14.9. The first-order valence-electron chi connectivity index (χ1n) is 6.29. The van der Waals surface area contributed by atoms with E-state index < -0.39 is 17.7 Å². The topological polar surface area (TPSA) is 66.8 Å².